The number of ether oxygens (including phenoxy) is 3. The molecule has 0 radical (unpaired) electrons. The van der Waals surface area contributed by atoms with E-state index in [1.54, 1.807) is 6.08 Å². The molecule has 1 saturated heterocycles. The van der Waals surface area contributed by atoms with Crippen LogP contribution in [0.5, 0.6) is 0 Å². The minimum atomic E-state index is -2.22. The first-order chi connectivity index (χ1) is 16.6. The van der Waals surface area contributed by atoms with Crippen LogP contribution in [-0.4, -0.2) is 58.9 Å². The molecule has 1 rings (SSSR count). The molecule has 1 heterocycles. The van der Waals surface area contributed by atoms with Crippen molar-refractivity contribution in [2.75, 3.05) is 0 Å². The SMILES string of the molecule is C=CC[C@H](/C=C/[C@H](O[Si](C)(C)C(C)(C)C)[C@@H]1OC(C)(C)O[C@H]1[C@H](C)O[Si](C)(C)C(C)(C)C)OC(=O)C=C. The highest BCUT2D eigenvalue weighted by Crippen LogP contribution is 2.43. The predicted octanol–water partition coefficient (Wildman–Crippen LogP) is 7.54. The summed E-state index contributed by atoms with van der Waals surface area (Å²) in [5.41, 5.74) is 0. The minimum Gasteiger partial charge on any atom is -0.455 e. The first-order valence-electron chi connectivity index (χ1n) is 13.4. The molecule has 0 bridgehead atoms. The number of carbonyl (C=O) groups excluding carboxylic acids is 1. The lowest BCUT2D eigenvalue weighted by molar-refractivity contribution is -0.157. The van der Waals surface area contributed by atoms with Gasteiger partial charge < -0.3 is 23.1 Å². The Labute approximate surface area is 229 Å². The maximum absolute atomic E-state index is 11.9. The van der Waals surface area contributed by atoms with E-state index in [4.69, 9.17) is 23.1 Å². The van der Waals surface area contributed by atoms with E-state index in [0.29, 0.717) is 6.42 Å². The zero-order valence-corrected chi connectivity index (χ0v) is 27.8. The van der Waals surface area contributed by atoms with Gasteiger partial charge in [0.15, 0.2) is 22.4 Å². The van der Waals surface area contributed by atoms with E-state index < -0.39 is 46.7 Å². The number of rotatable bonds is 12. The molecule has 37 heavy (non-hydrogen) atoms. The highest BCUT2D eigenvalue weighted by molar-refractivity contribution is 6.74. The standard InChI is InChI=1S/C29H54O6Si2/c1-16-18-22(31-24(30)17-2)19-20-23(35-37(14,15)28(7,8)9)26-25(32-29(10,11)33-26)21(3)34-36(12,13)27(4,5)6/h16-17,19-23,25-26H,1-2,18H2,3-15H3/b20-19+/t21-,22+,23-,25-,26-/m0/s1. The fourth-order valence-electron chi connectivity index (χ4n) is 3.64. The second kappa shape index (κ2) is 12.4. The summed E-state index contributed by atoms with van der Waals surface area (Å²) in [5.74, 6) is -1.27. The van der Waals surface area contributed by atoms with Gasteiger partial charge in [0, 0.05) is 12.5 Å². The molecule has 0 saturated carbocycles. The third-order valence-corrected chi connectivity index (χ3v) is 16.9. The van der Waals surface area contributed by atoms with Crippen molar-refractivity contribution in [3.05, 3.63) is 37.5 Å². The second-order valence-electron chi connectivity index (χ2n) is 13.6. The molecule has 0 amide bonds. The number of carbonyl (C=O) groups is 1. The molecule has 0 aromatic rings. The van der Waals surface area contributed by atoms with Gasteiger partial charge in [-0.25, -0.2) is 4.79 Å². The van der Waals surface area contributed by atoms with Gasteiger partial charge in [0.25, 0.3) is 0 Å². The maximum atomic E-state index is 11.9. The molecule has 0 aromatic carbocycles. The number of hydrogen-bond acceptors (Lipinski definition) is 6. The molecule has 0 spiro atoms. The molecule has 5 atom stereocenters. The highest BCUT2D eigenvalue weighted by Gasteiger charge is 2.51. The number of esters is 1. The van der Waals surface area contributed by atoms with Crippen LogP contribution in [0.15, 0.2) is 37.5 Å². The van der Waals surface area contributed by atoms with E-state index in [9.17, 15) is 4.79 Å². The zero-order valence-electron chi connectivity index (χ0n) is 25.8. The van der Waals surface area contributed by atoms with Gasteiger partial charge in [-0.05, 0) is 63.1 Å². The molecule has 1 aliphatic rings. The topological polar surface area (TPSA) is 63.2 Å². The van der Waals surface area contributed by atoms with Crippen LogP contribution in [0.3, 0.4) is 0 Å². The molecule has 214 valence electrons. The highest BCUT2D eigenvalue weighted by atomic mass is 28.4. The largest absolute Gasteiger partial charge is 0.455 e. The normalized spacial score (nSPS) is 23.5. The fraction of sp³-hybridized carbons (Fsp3) is 0.759. The van der Waals surface area contributed by atoms with Crippen LogP contribution in [0.25, 0.3) is 0 Å². The Morgan fingerprint density at radius 3 is 1.86 bits per heavy atom. The van der Waals surface area contributed by atoms with Crippen molar-refractivity contribution in [2.24, 2.45) is 0 Å². The summed E-state index contributed by atoms with van der Waals surface area (Å²) in [5, 5.41) is 0.0538. The van der Waals surface area contributed by atoms with Gasteiger partial charge >= 0.3 is 5.97 Å². The van der Waals surface area contributed by atoms with Crippen LogP contribution in [0.1, 0.15) is 68.7 Å². The molecule has 1 aliphatic heterocycles. The van der Waals surface area contributed by atoms with Gasteiger partial charge in [-0.3, -0.25) is 0 Å². The molecule has 0 aromatic heterocycles. The Morgan fingerprint density at radius 2 is 1.41 bits per heavy atom. The summed E-state index contributed by atoms with van der Waals surface area (Å²) in [6, 6.07) is 0. The van der Waals surface area contributed by atoms with Gasteiger partial charge in [0.1, 0.15) is 18.3 Å². The third-order valence-electron chi connectivity index (χ3n) is 7.82. The summed E-state index contributed by atoms with van der Waals surface area (Å²) in [6.07, 6.45) is 5.36. The van der Waals surface area contributed by atoms with Gasteiger partial charge in [-0.1, -0.05) is 60.3 Å². The Bertz CT molecular complexity index is 819. The van der Waals surface area contributed by atoms with Crippen LogP contribution >= 0.6 is 0 Å². The summed E-state index contributed by atoms with van der Waals surface area (Å²) >= 11 is 0. The van der Waals surface area contributed by atoms with Gasteiger partial charge in [0.05, 0.1) is 12.2 Å². The van der Waals surface area contributed by atoms with E-state index in [1.807, 2.05) is 26.0 Å². The predicted molar refractivity (Wildman–Crippen MR) is 158 cm³/mol. The molecule has 0 unspecified atom stereocenters. The average molecular weight is 555 g/mol. The Balaban J connectivity index is 3.46. The molecule has 1 fully saturated rings. The van der Waals surface area contributed by atoms with Crippen molar-refractivity contribution in [3.63, 3.8) is 0 Å². The first-order valence-corrected chi connectivity index (χ1v) is 19.2. The van der Waals surface area contributed by atoms with E-state index >= 15 is 0 Å². The van der Waals surface area contributed by atoms with Crippen molar-refractivity contribution in [2.45, 2.75) is 141 Å². The van der Waals surface area contributed by atoms with Crippen molar-refractivity contribution >= 4 is 22.6 Å². The molecule has 0 N–H and O–H groups in total. The molecule has 8 heteroatoms. The van der Waals surface area contributed by atoms with Crippen LogP contribution in [0.4, 0.5) is 0 Å². The molecule has 6 nitrogen and oxygen atoms in total. The molecular weight excluding hydrogens is 500 g/mol. The van der Waals surface area contributed by atoms with Crippen LogP contribution in [-0.2, 0) is 27.9 Å². The lowest BCUT2D eigenvalue weighted by Gasteiger charge is -2.42. The summed E-state index contributed by atoms with van der Waals surface area (Å²) in [7, 11) is -4.27. The summed E-state index contributed by atoms with van der Waals surface area (Å²) in [6.45, 7) is 35.5. The van der Waals surface area contributed by atoms with Gasteiger partial charge in [-0.15, -0.1) is 6.58 Å². The smallest absolute Gasteiger partial charge is 0.330 e. The van der Waals surface area contributed by atoms with Crippen LogP contribution in [0.2, 0.25) is 36.3 Å². The Hall–Kier alpha value is -1.04. The first kappa shape index (κ1) is 34.0. The lowest BCUT2D eigenvalue weighted by Crippen LogP contribution is -2.52. The van der Waals surface area contributed by atoms with E-state index in [0.717, 1.165) is 0 Å². The average Bonchev–Trinajstić information content (AvgIpc) is 3.04. The molecule has 0 aliphatic carbocycles. The minimum absolute atomic E-state index is 0.0113. The maximum Gasteiger partial charge on any atom is 0.330 e. The van der Waals surface area contributed by atoms with E-state index in [-0.39, 0.29) is 22.3 Å². The summed E-state index contributed by atoms with van der Waals surface area (Å²) in [4.78, 5) is 11.9. The second-order valence-corrected chi connectivity index (χ2v) is 23.1. The van der Waals surface area contributed by atoms with Crippen molar-refractivity contribution in [3.8, 4) is 0 Å². The van der Waals surface area contributed by atoms with Crippen LogP contribution in [0, 0.1) is 0 Å². The lowest BCUT2D eigenvalue weighted by atomic mass is 10.0. The van der Waals surface area contributed by atoms with Crippen molar-refractivity contribution < 1.29 is 27.9 Å². The Morgan fingerprint density at radius 1 is 0.919 bits per heavy atom. The monoisotopic (exact) mass is 554 g/mol. The van der Waals surface area contributed by atoms with E-state index in [1.165, 1.54) is 6.08 Å². The third kappa shape index (κ3) is 9.58. The zero-order chi connectivity index (χ0) is 29.0. The number of hydrogen-bond donors (Lipinski definition) is 0. The summed E-state index contributed by atoms with van der Waals surface area (Å²) < 4.78 is 32.2. The fourth-order valence-corrected chi connectivity index (χ4v) is 6.30. The van der Waals surface area contributed by atoms with Crippen molar-refractivity contribution in [1.29, 1.82) is 0 Å². The van der Waals surface area contributed by atoms with Gasteiger partial charge in [0.2, 0.25) is 0 Å². The van der Waals surface area contributed by atoms with E-state index in [2.05, 4.69) is 87.8 Å². The van der Waals surface area contributed by atoms with Gasteiger partial charge in [-0.2, -0.15) is 0 Å². The quantitative estimate of drug-likeness (QED) is 0.107. The van der Waals surface area contributed by atoms with Crippen LogP contribution < -0.4 is 0 Å². The Kier molecular flexibility index (Phi) is 11.4. The molecular formula is C29H54O6Si2. The van der Waals surface area contributed by atoms with Crippen molar-refractivity contribution in [1.82, 2.24) is 0 Å².